The summed E-state index contributed by atoms with van der Waals surface area (Å²) in [6.07, 6.45) is 0.644. The Balaban J connectivity index is 4.19. The van der Waals surface area contributed by atoms with Crippen LogP contribution in [0.25, 0.3) is 0 Å². The van der Waals surface area contributed by atoms with Crippen LogP contribution in [0.3, 0.4) is 0 Å². The van der Waals surface area contributed by atoms with Gasteiger partial charge in [-0.3, -0.25) is 4.79 Å². The molecule has 0 aromatic carbocycles. The van der Waals surface area contributed by atoms with E-state index >= 15 is 0 Å². The predicted molar refractivity (Wildman–Crippen MR) is 64.9 cm³/mol. The third-order valence-electron chi connectivity index (χ3n) is 3.21. The highest BCUT2D eigenvalue weighted by Crippen LogP contribution is 2.15. The smallest absolute Gasteiger partial charge is 0.222 e. The Labute approximate surface area is 94.4 Å². The first-order valence-corrected chi connectivity index (χ1v) is 5.88. The standard InChI is InChI=1S/C12H26N2O/c1-7-14(8-2)11(4)10(3)9-12(15)13(5)6/h10-11H,7-9H2,1-6H3. The van der Waals surface area contributed by atoms with Gasteiger partial charge in [-0.05, 0) is 25.9 Å². The lowest BCUT2D eigenvalue weighted by Crippen LogP contribution is -2.39. The zero-order chi connectivity index (χ0) is 12.0. The second-order valence-electron chi connectivity index (χ2n) is 4.43. The van der Waals surface area contributed by atoms with E-state index in [1.54, 1.807) is 4.90 Å². The van der Waals surface area contributed by atoms with E-state index in [9.17, 15) is 4.79 Å². The Morgan fingerprint density at radius 3 is 1.93 bits per heavy atom. The molecule has 0 spiro atoms. The van der Waals surface area contributed by atoms with E-state index in [1.807, 2.05) is 14.1 Å². The number of rotatable bonds is 6. The van der Waals surface area contributed by atoms with Gasteiger partial charge in [0.1, 0.15) is 0 Å². The summed E-state index contributed by atoms with van der Waals surface area (Å²) in [6.45, 7) is 10.8. The van der Waals surface area contributed by atoms with Crippen molar-refractivity contribution in [2.45, 2.75) is 40.2 Å². The molecule has 0 heterocycles. The average molecular weight is 214 g/mol. The van der Waals surface area contributed by atoms with Gasteiger partial charge in [0.15, 0.2) is 0 Å². The normalized spacial score (nSPS) is 15.1. The summed E-state index contributed by atoms with van der Waals surface area (Å²) in [7, 11) is 3.63. The molecule has 90 valence electrons. The minimum absolute atomic E-state index is 0.224. The number of amides is 1. The molecule has 1 amide bonds. The first kappa shape index (κ1) is 14.4. The lowest BCUT2D eigenvalue weighted by atomic mass is 9.97. The van der Waals surface area contributed by atoms with Crippen LogP contribution in [0.5, 0.6) is 0 Å². The zero-order valence-electron chi connectivity index (χ0n) is 11.1. The van der Waals surface area contributed by atoms with Gasteiger partial charge in [0.2, 0.25) is 5.91 Å². The molecule has 0 aliphatic rings. The maximum absolute atomic E-state index is 11.6. The van der Waals surface area contributed by atoms with E-state index in [0.717, 1.165) is 13.1 Å². The summed E-state index contributed by atoms with van der Waals surface area (Å²) in [4.78, 5) is 15.6. The minimum atomic E-state index is 0.224. The Morgan fingerprint density at radius 2 is 1.60 bits per heavy atom. The van der Waals surface area contributed by atoms with Gasteiger partial charge in [-0.25, -0.2) is 0 Å². The second kappa shape index (κ2) is 6.83. The molecule has 0 aliphatic carbocycles. The second-order valence-corrected chi connectivity index (χ2v) is 4.43. The summed E-state index contributed by atoms with van der Waals surface area (Å²) < 4.78 is 0. The average Bonchev–Trinajstić information content (AvgIpc) is 2.19. The first-order valence-electron chi connectivity index (χ1n) is 5.88. The van der Waals surface area contributed by atoms with Gasteiger partial charge in [-0.1, -0.05) is 20.8 Å². The number of carbonyl (C=O) groups excluding carboxylic acids is 1. The molecular weight excluding hydrogens is 188 g/mol. The maximum Gasteiger partial charge on any atom is 0.222 e. The van der Waals surface area contributed by atoms with Crippen molar-refractivity contribution in [2.24, 2.45) is 5.92 Å². The van der Waals surface area contributed by atoms with Crippen LogP contribution in [0.15, 0.2) is 0 Å². The summed E-state index contributed by atoms with van der Waals surface area (Å²) in [5.74, 6) is 0.640. The van der Waals surface area contributed by atoms with Gasteiger partial charge >= 0.3 is 0 Å². The highest BCUT2D eigenvalue weighted by atomic mass is 16.2. The lowest BCUT2D eigenvalue weighted by molar-refractivity contribution is -0.130. The van der Waals surface area contributed by atoms with E-state index in [4.69, 9.17) is 0 Å². The molecule has 3 nitrogen and oxygen atoms in total. The number of hydrogen-bond acceptors (Lipinski definition) is 2. The molecule has 0 bridgehead atoms. The van der Waals surface area contributed by atoms with E-state index in [2.05, 4.69) is 32.6 Å². The predicted octanol–water partition coefficient (Wildman–Crippen LogP) is 1.83. The van der Waals surface area contributed by atoms with Crippen molar-refractivity contribution in [2.75, 3.05) is 27.2 Å². The number of carbonyl (C=O) groups is 1. The Kier molecular flexibility index (Phi) is 6.57. The fraction of sp³-hybridized carbons (Fsp3) is 0.917. The largest absolute Gasteiger partial charge is 0.349 e. The van der Waals surface area contributed by atoms with Crippen molar-refractivity contribution in [3.8, 4) is 0 Å². The van der Waals surface area contributed by atoms with Gasteiger partial charge in [0, 0.05) is 26.6 Å². The fourth-order valence-electron chi connectivity index (χ4n) is 1.79. The molecule has 0 saturated carbocycles. The molecule has 2 unspecified atom stereocenters. The molecule has 0 radical (unpaired) electrons. The van der Waals surface area contributed by atoms with Crippen LogP contribution in [-0.2, 0) is 4.79 Å². The summed E-state index contributed by atoms with van der Waals surface area (Å²) in [6, 6.07) is 0.476. The van der Waals surface area contributed by atoms with Crippen molar-refractivity contribution in [1.29, 1.82) is 0 Å². The van der Waals surface area contributed by atoms with E-state index in [1.165, 1.54) is 0 Å². The molecule has 0 aromatic rings. The van der Waals surface area contributed by atoms with Crippen molar-refractivity contribution in [3.05, 3.63) is 0 Å². The van der Waals surface area contributed by atoms with Gasteiger partial charge in [-0.2, -0.15) is 0 Å². The highest BCUT2D eigenvalue weighted by Gasteiger charge is 2.20. The van der Waals surface area contributed by atoms with Crippen molar-refractivity contribution >= 4 is 5.91 Å². The van der Waals surface area contributed by atoms with Crippen LogP contribution in [0.1, 0.15) is 34.1 Å². The maximum atomic E-state index is 11.6. The molecular formula is C12H26N2O. The van der Waals surface area contributed by atoms with Crippen LogP contribution in [0.2, 0.25) is 0 Å². The summed E-state index contributed by atoms with van der Waals surface area (Å²) in [5, 5.41) is 0. The molecule has 0 fully saturated rings. The van der Waals surface area contributed by atoms with E-state index in [-0.39, 0.29) is 5.91 Å². The first-order chi connectivity index (χ1) is 6.93. The van der Waals surface area contributed by atoms with Gasteiger partial charge in [0.25, 0.3) is 0 Å². The molecule has 0 saturated heterocycles. The quantitative estimate of drug-likeness (QED) is 0.673. The number of hydrogen-bond donors (Lipinski definition) is 0. The molecule has 0 aliphatic heterocycles. The minimum Gasteiger partial charge on any atom is -0.349 e. The van der Waals surface area contributed by atoms with Crippen LogP contribution in [0.4, 0.5) is 0 Å². The van der Waals surface area contributed by atoms with Crippen LogP contribution in [-0.4, -0.2) is 48.9 Å². The molecule has 15 heavy (non-hydrogen) atoms. The van der Waals surface area contributed by atoms with Crippen molar-refractivity contribution < 1.29 is 4.79 Å². The number of nitrogens with zero attached hydrogens (tertiary/aromatic N) is 2. The van der Waals surface area contributed by atoms with Crippen LogP contribution < -0.4 is 0 Å². The monoisotopic (exact) mass is 214 g/mol. The van der Waals surface area contributed by atoms with Crippen LogP contribution in [0, 0.1) is 5.92 Å². The fourth-order valence-corrected chi connectivity index (χ4v) is 1.79. The topological polar surface area (TPSA) is 23.6 Å². The molecule has 0 aromatic heterocycles. The Morgan fingerprint density at radius 1 is 1.13 bits per heavy atom. The Bertz CT molecular complexity index is 188. The van der Waals surface area contributed by atoms with Crippen LogP contribution >= 0.6 is 0 Å². The third-order valence-corrected chi connectivity index (χ3v) is 3.21. The zero-order valence-corrected chi connectivity index (χ0v) is 11.1. The summed E-state index contributed by atoms with van der Waals surface area (Å²) >= 11 is 0. The molecule has 2 atom stereocenters. The summed E-state index contributed by atoms with van der Waals surface area (Å²) in [5.41, 5.74) is 0. The molecule has 3 heteroatoms. The SMILES string of the molecule is CCN(CC)C(C)C(C)CC(=O)N(C)C. The highest BCUT2D eigenvalue weighted by molar-refractivity contribution is 5.75. The van der Waals surface area contributed by atoms with Gasteiger partial charge in [0.05, 0.1) is 0 Å². The van der Waals surface area contributed by atoms with Crippen molar-refractivity contribution in [3.63, 3.8) is 0 Å². The molecule has 0 N–H and O–H groups in total. The van der Waals surface area contributed by atoms with E-state index in [0.29, 0.717) is 18.4 Å². The van der Waals surface area contributed by atoms with Crippen molar-refractivity contribution in [1.82, 2.24) is 9.80 Å². The molecule has 0 rings (SSSR count). The third kappa shape index (κ3) is 4.65. The van der Waals surface area contributed by atoms with Gasteiger partial charge in [-0.15, -0.1) is 0 Å². The van der Waals surface area contributed by atoms with Gasteiger partial charge < -0.3 is 9.80 Å². The lowest BCUT2D eigenvalue weighted by Gasteiger charge is -2.31. The van der Waals surface area contributed by atoms with E-state index < -0.39 is 0 Å². The Hall–Kier alpha value is -0.570.